The van der Waals surface area contributed by atoms with Crippen LogP contribution in [0.5, 0.6) is 11.5 Å². The summed E-state index contributed by atoms with van der Waals surface area (Å²) in [4.78, 5) is 10.9. The van der Waals surface area contributed by atoms with Crippen molar-refractivity contribution in [2.75, 3.05) is 14.2 Å². The lowest BCUT2D eigenvalue weighted by Gasteiger charge is -2.14. The Morgan fingerprint density at radius 2 is 2.11 bits per heavy atom. The average molecular weight is 253 g/mol. The number of nitrogens with one attached hydrogen (secondary N) is 1. The molecule has 0 fully saturated rings. The molecule has 0 saturated heterocycles. The second-order valence-electron chi connectivity index (χ2n) is 3.86. The first-order chi connectivity index (χ1) is 8.62. The summed E-state index contributed by atoms with van der Waals surface area (Å²) in [5.74, 6) is 0.549. The van der Waals surface area contributed by atoms with Gasteiger partial charge in [-0.15, -0.1) is 0 Å². The second kappa shape index (κ2) is 6.86. The van der Waals surface area contributed by atoms with Crippen molar-refractivity contribution in [2.45, 2.75) is 25.9 Å². The van der Waals surface area contributed by atoms with Gasteiger partial charge in [0.15, 0.2) is 0 Å². The Morgan fingerprint density at radius 1 is 1.39 bits per heavy atom. The Hall–Kier alpha value is -1.75. The highest BCUT2D eigenvalue weighted by molar-refractivity contribution is 5.73. The molecule has 0 aliphatic carbocycles. The average Bonchev–Trinajstić information content (AvgIpc) is 2.39. The van der Waals surface area contributed by atoms with E-state index in [0.717, 1.165) is 5.56 Å². The van der Waals surface area contributed by atoms with Gasteiger partial charge in [0, 0.05) is 18.2 Å². The fourth-order valence-corrected chi connectivity index (χ4v) is 1.64. The van der Waals surface area contributed by atoms with Crippen LogP contribution in [-0.4, -0.2) is 31.3 Å². The molecule has 1 aromatic rings. The molecule has 1 unspecified atom stereocenters. The Morgan fingerprint density at radius 3 is 2.61 bits per heavy atom. The molecule has 0 saturated carbocycles. The molecule has 0 heterocycles. The molecule has 1 atom stereocenters. The summed E-state index contributed by atoms with van der Waals surface area (Å²) in [5.41, 5.74) is 0.901. The molecular weight excluding hydrogens is 234 g/mol. The van der Waals surface area contributed by atoms with Crippen LogP contribution in [0.2, 0.25) is 0 Å². The molecule has 1 aromatic carbocycles. The zero-order valence-corrected chi connectivity index (χ0v) is 10.9. The minimum atomic E-state index is -0.843. The highest BCUT2D eigenvalue weighted by atomic mass is 16.5. The van der Waals surface area contributed by atoms with Gasteiger partial charge in [-0.2, -0.15) is 0 Å². The first-order valence-electron chi connectivity index (χ1n) is 5.79. The fourth-order valence-electron chi connectivity index (χ4n) is 1.64. The maximum absolute atomic E-state index is 10.9. The lowest BCUT2D eigenvalue weighted by atomic mass is 10.1. The monoisotopic (exact) mass is 253 g/mol. The minimum absolute atomic E-state index is 0.442. The first-order valence-corrected chi connectivity index (χ1v) is 5.79. The van der Waals surface area contributed by atoms with Gasteiger partial charge in [-0.25, -0.2) is 0 Å². The summed E-state index contributed by atoms with van der Waals surface area (Å²) in [6.45, 7) is 2.27. The van der Waals surface area contributed by atoms with Crippen LogP contribution in [0, 0.1) is 0 Å². The number of rotatable bonds is 7. The number of aliphatic carboxylic acids is 1. The van der Waals surface area contributed by atoms with Gasteiger partial charge in [0.25, 0.3) is 0 Å². The molecular formula is C13H19NO4. The van der Waals surface area contributed by atoms with Crippen molar-refractivity contribution in [3.8, 4) is 11.5 Å². The molecule has 1 rings (SSSR count). The van der Waals surface area contributed by atoms with Crippen LogP contribution in [-0.2, 0) is 11.3 Å². The van der Waals surface area contributed by atoms with E-state index in [9.17, 15) is 4.79 Å². The molecule has 2 N–H and O–H groups in total. The van der Waals surface area contributed by atoms with Gasteiger partial charge < -0.3 is 19.9 Å². The third-order valence-corrected chi connectivity index (χ3v) is 2.74. The predicted molar refractivity (Wildman–Crippen MR) is 68.1 cm³/mol. The number of hydrogen-bond acceptors (Lipinski definition) is 4. The standard InChI is InChI=1S/C13H19NO4/c1-4-11(13(15)16)14-8-9-5-6-10(17-2)7-12(9)18-3/h5-7,11,14H,4,8H2,1-3H3,(H,15,16). The molecule has 5 nitrogen and oxygen atoms in total. The Labute approximate surface area is 107 Å². The topological polar surface area (TPSA) is 67.8 Å². The largest absolute Gasteiger partial charge is 0.497 e. The lowest BCUT2D eigenvalue weighted by molar-refractivity contribution is -0.139. The number of carbonyl (C=O) groups is 1. The van der Waals surface area contributed by atoms with Gasteiger partial charge >= 0.3 is 5.97 Å². The van der Waals surface area contributed by atoms with E-state index in [1.807, 2.05) is 19.1 Å². The maximum Gasteiger partial charge on any atom is 0.320 e. The number of carboxylic acid groups (broad SMARTS) is 1. The summed E-state index contributed by atoms with van der Waals surface area (Å²) >= 11 is 0. The van der Waals surface area contributed by atoms with Crippen molar-refractivity contribution in [1.82, 2.24) is 5.32 Å². The van der Waals surface area contributed by atoms with Crippen molar-refractivity contribution < 1.29 is 19.4 Å². The summed E-state index contributed by atoms with van der Waals surface area (Å²) in [6.07, 6.45) is 0.536. The molecule has 100 valence electrons. The van der Waals surface area contributed by atoms with Crippen LogP contribution in [0.1, 0.15) is 18.9 Å². The first kappa shape index (κ1) is 14.3. The van der Waals surface area contributed by atoms with Gasteiger partial charge in [0.2, 0.25) is 0 Å². The molecule has 0 amide bonds. The number of benzene rings is 1. The molecule has 0 aliphatic heterocycles. The van der Waals surface area contributed by atoms with Gasteiger partial charge in [0.05, 0.1) is 14.2 Å². The van der Waals surface area contributed by atoms with E-state index in [0.29, 0.717) is 24.5 Å². The summed E-state index contributed by atoms with van der Waals surface area (Å²) < 4.78 is 10.3. The van der Waals surface area contributed by atoms with E-state index in [4.69, 9.17) is 14.6 Å². The van der Waals surface area contributed by atoms with Crippen LogP contribution in [0.3, 0.4) is 0 Å². The smallest absolute Gasteiger partial charge is 0.320 e. The zero-order chi connectivity index (χ0) is 13.5. The van der Waals surface area contributed by atoms with Crippen molar-refractivity contribution in [1.29, 1.82) is 0 Å². The highest BCUT2D eigenvalue weighted by Crippen LogP contribution is 2.24. The minimum Gasteiger partial charge on any atom is -0.497 e. The van der Waals surface area contributed by atoms with Crippen LogP contribution in [0.15, 0.2) is 18.2 Å². The third-order valence-electron chi connectivity index (χ3n) is 2.74. The molecule has 5 heteroatoms. The zero-order valence-electron chi connectivity index (χ0n) is 10.9. The van der Waals surface area contributed by atoms with Crippen LogP contribution in [0.4, 0.5) is 0 Å². The van der Waals surface area contributed by atoms with Crippen molar-refractivity contribution >= 4 is 5.97 Å². The molecule has 0 aromatic heterocycles. The van der Waals surface area contributed by atoms with Crippen molar-refractivity contribution in [3.05, 3.63) is 23.8 Å². The fraction of sp³-hybridized carbons (Fsp3) is 0.462. The van der Waals surface area contributed by atoms with Gasteiger partial charge in [0.1, 0.15) is 17.5 Å². The molecule has 0 aliphatic rings. The third kappa shape index (κ3) is 3.63. The quantitative estimate of drug-likeness (QED) is 0.773. The SMILES string of the molecule is CCC(NCc1ccc(OC)cc1OC)C(=O)O. The summed E-state index contributed by atoms with van der Waals surface area (Å²) in [6, 6.07) is 4.91. The van der Waals surface area contributed by atoms with E-state index in [1.54, 1.807) is 20.3 Å². The van der Waals surface area contributed by atoms with Gasteiger partial charge in [-0.05, 0) is 12.5 Å². The van der Waals surface area contributed by atoms with Crippen LogP contribution in [0.25, 0.3) is 0 Å². The van der Waals surface area contributed by atoms with E-state index in [1.165, 1.54) is 0 Å². The van der Waals surface area contributed by atoms with E-state index < -0.39 is 12.0 Å². The Bertz CT molecular complexity index is 406. The van der Waals surface area contributed by atoms with E-state index >= 15 is 0 Å². The summed E-state index contributed by atoms with van der Waals surface area (Å²) in [7, 11) is 3.16. The van der Waals surface area contributed by atoms with Gasteiger partial charge in [-0.3, -0.25) is 4.79 Å². The molecule has 0 bridgehead atoms. The van der Waals surface area contributed by atoms with E-state index in [2.05, 4.69) is 5.32 Å². The lowest BCUT2D eigenvalue weighted by Crippen LogP contribution is -2.35. The van der Waals surface area contributed by atoms with Gasteiger partial charge in [-0.1, -0.05) is 13.0 Å². The van der Waals surface area contributed by atoms with Crippen molar-refractivity contribution in [3.63, 3.8) is 0 Å². The Balaban J connectivity index is 2.75. The second-order valence-corrected chi connectivity index (χ2v) is 3.86. The van der Waals surface area contributed by atoms with Crippen LogP contribution >= 0.6 is 0 Å². The van der Waals surface area contributed by atoms with Crippen LogP contribution < -0.4 is 14.8 Å². The molecule has 0 spiro atoms. The predicted octanol–water partition coefficient (Wildman–Crippen LogP) is 1.66. The number of methoxy groups -OCH3 is 2. The van der Waals surface area contributed by atoms with E-state index in [-0.39, 0.29) is 0 Å². The maximum atomic E-state index is 10.9. The van der Waals surface area contributed by atoms with Crippen molar-refractivity contribution in [2.24, 2.45) is 0 Å². The number of ether oxygens (including phenoxy) is 2. The highest BCUT2D eigenvalue weighted by Gasteiger charge is 2.14. The normalized spacial score (nSPS) is 11.9. The summed E-state index contributed by atoms with van der Waals surface area (Å²) in [5, 5.41) is 11.9. The number of hydrogen-bond donors (Lipinski definition) is 2. The Kier molecular flexibility index (Phi) is 5.45. The molecule has 0 radical (unpaired) electrons. The number of carboxylic acids is 1. The molecule has 18 heavy (non-hydrogen) atoms.